The highest BCUT2D eigenvalue weighted by Gasteiger charge is 2.32. The summed E-state index contributed by atoms with van der Waals surface area (Å²) in [6, 6.07) is 24.1. The van der Waals surface area contributed by atoms with Crippen molar-refractivity contribution in [2.24, 2.45) is 0 Å². The summed E-state index contributed by atoms with van der Waals surface area (Å²) >= 11 is 0. The molecule has 8 heteroatoms. The van der Waals surface area contributed by atoms with Crippen LogP contribution in [-0.2, 0) is 9.47 Å². The van der Waals surface area contributed by atoms with Gasteiger partial charge in [0, 0.05) is 11.1 Å². The number of carbonyl (C=O) groups is 2. The van der Waals surface area contributed by atoms with Gasteiger partial charge in [0.2, 0.25) is 0 Å². The van der Waals surface area contributed by atoms with E-state index in [9.17, 15) is 9.59 Å². The summed E-state index contributed by atoms with van der Waals surface area (Å²) in [6.45, 7) is 19.0. The number of imidazole rings is 2. The summed E-state index contributed by atoms with van der Waals surface area (Å²) < 4.78 is 14.8. The average Bonchev–Trinajstić information content (AvgIpc) is 3.54. The molecular formula is C40H42N4O4. The lowest BCUT2D eigenvalue weighted by Crippen LogP contribution is -2.29. The Labute approximate surface area is 281 Å². The maximum absolute atomic E-state index is 14.2. The van der Waals surface area contributed by atoms with Crippen molar-refractivity contribution in [1.82, 2.24) is 19.1 Å². The average molecular weight is 643 g/mol. The quantitative estimate of drug-likeness (QED) is 0.191. The number of hydrogen-bond acceptors (Lipinski definition) is 6. The summed E-state index contributed by atoms with van der Waals surface area (Å²) in [6.07, 6.45) is -1.25. The van der Waals surface area contributed by atoms with Gasteiger partial charge >= 0.3 is 12.2 Å². The van der Waals surface area contributed by atoms with Crippen molar-refractivity contribution in [3.8, 4) is 33.9 Å². The summed E-state index contributed by atoms with van der Waals surface area (Å²) in [5.74, 6) is 0.352. The van der Waals surface area contributed by atoms with Crippen molar-refractivity contribution in [1.29, 1.82) is 0 Å². The van der Waals surface area contributed by atoms with Gasteiger partial charge < -0.3 is 9.47 Å². The van der Waals surface area contributed by atoms with E-state index in [4.69, 9.17) is 19.4 Å². The lowest BCUT2D eigenvalue weighted by molar-refractivity contribution is 0.0526. The van der Waals surface area contributed by atoms with E-state index in [1.165, 1.54) is 9.13 Å². The Kier molecular flexibility index (Phi) is 8.02. The molecule has 0 bridgehead atoms. The number of ether oxygens (including phenoxy) is 2. The van der Waals surface area contributed by atoms with E-state index in [1.54, 1.807) is 0 Å². The normalized spacial score (nSPS) is 12.1. The Hall–Kier alpha value is -5.24. The Bertz CT molecular complexity index is 2080. The third kappa shape index (κ3) is 6.10. The molecule has 0 aliphatic rings. The molecule has 0 saturated carbocycles. The van der Waals surface area contributed by atoms with Gasteiger partial charge in [-0.25, -0.2) is 28.7 Å². The fourth-order valence-electron chi connectivity index (χ4n) is 6.08. The number of benzene rings is 4. The van der Waals surface area contributed by atoms with E-state index < -0.39 is 23.4 Å². The number of carbonyl (C=O) groups excluding carboxylic acids is 2. The van der Waals surface area contributed by atoms with Crippen LogP contribution >= 0.6 is 0 Å². The van der Waals surface area contributed by atoms with Crippen LogP contribution in [0.5, 0.6) is 0 Å². The lowest BCUT2D eigenvalue weighted by atomic mass is 9.98. The zero-order chi connectivity index (χ0) is 34.7. The first kappa shape index (κ1) is 32.7. The van der Waals surface area contributed by atoms with Crippen molar-refractivity contribution in [2.45, 2.75) is 80.4 Å². The number of nitrogens with zero attached hydrogens (tertiary/aromatic N) is 4. The summed E-state index contributed by atoms with van der Waals surface area (Å²) in [7, 11) is 0. The van der Waals surface area contributed by atoms with Gasteiger partial charge in [-0.1, -0.05) is 48.5 Å². The summed E-state index contributed by atoms with van der Waals surface area (Å²) in [4.78, 5) is 38.7. The predicted octanol–water partition coefficient (Wildman–Crippen LogP) is 10.2. The molecule has 246 valence electrons. The van der Waals surface area contributed by atoms with Crippen molar-refractivity contribution >= 4 is 34.3 Å². The minimum Gasteiger partial charge on any atom is -0.443 e. The smallest absolute Gasteiger partial charge is 0.420 e. The fourth-order valence-corrected chi connectivity index (χ4v) is 6.08. The van der Waals surface area contributed by atoms with Crippen molar-refractivity contribution in [3.05, 3.63) is 95.1 Å². The van der Waals surface area contributed by atoms with Crippen LogP contribution in [0.25, 0.3) is 56.0 Å². The van der Waals surface area contributed by atoms with Gasteiger partial charge in [-0.2, -0.15) is 0 Å². The highest BCUT2D eigenvalue weighted by molar-refractivity contribution is 6.03. The second kappa shape index (κ2) is 11.8. The van der Waals surface area contributed by atoms with E-state index in [0.29, 0.717) is 22.1 Å². The van der Waals surface area contributed by atoms with Crippen molar-refractivity contribution in [3.63, 3.8) is 0 Å². The molecule has 2 aromatic heterocycles. The molecule has 0 N–H and O–H groups in total. The van der Waals surface area contributed by atoms with E-state index in [2.05, 4.69) is 12.1 Å². The highest BCUT2D eigenvalue weighted by Crippen LogP contribution is 2.39. The molecule has 0 amide bonds. The van der Waals surface area contributed by atoms with Crippen LogP contribution in [0, 0.1) is 27.7 Å². The maximum atomic E-state index is 14.2. The van der Waals surface area contributed by atoms with Gasteiger partial charge in [0.05, 0.1) is 22.1 Å². The van der Waals surface area contributed by atoms with Crippen LogP contribution in [0.2, 0.25) is 0 Å². The van der Waals surface area contributed by atoms with E-state index in [1.807, 2.05) is 130 Å². The van der Waals surface area contributed by atoms with E-state index >= 15 is 0 Å². The molecule has 6 aromatic rings. The number of aryl methyl sites for hydroxylation is 4. The van der Waals surface area contributed by atoms with Gasteiger partial charge in [-0.15, -0.1) is 0 Å². The zero-order valence-corrected chi connectivity index (χ0v) is 29.4. The van der Waals surface area contributed by atoms with Gasteiger partial charge in [-0.3, -0.25) is 0 Å². The molecule has 0 spiro atoms. The fraction of sp³-hybridized carbons (Fsp3) is 0.300. The first-order valence-electron chi connectivity index (χ1n) is 16.2. The molecule has 0 aliphatic carbocycles. The minimum atomic E-state index is -0.798. The molecule has 8 nitrogen and oxygen atoms in total. The predicted molar refractivity (Wildman–Crippen MR) is 192 cm³/mol. The number of aromatic nitrogens is 4. The molecule has 0 unspecified atom stereocenters. The van der Waals surface area contributed by atoms with Crippen LogP contribution in [0.1, 0.15) is 63.8 Å². The molecular weight excluding hydrogens is 600 g/mol. The van der Waals surface area contributed by atoms with E-state index in [-0.39, 0.29) is 11.6 Å². The molecule has 2 heterocycles. The van der Waals surface area contributed by atoms with Gasteiger partial charge in [0.25, 0.3) is 0 Å². The van der Waals surface area contributed by atoms with Crippen LogP contribution in [0.3, 0.4) is 0 Å². The first-order valence-corrected chi connectivity index (χ1v) is 16.2. The van der Waals surface area contributed by atoms with Gasteiger partial charge in [0.1, 0.15) is 11.2 Å². The Balaban J connectivity index is 1.76. The summed E-state index contributed by atoms with van der Waals surface area (Å²) in [5.41, 5.74) is 8.41. The van der Waals surface area contributed by atoms with Crippen LogP contribution in [0.15, 0.2) is 72.8 Å². The molecule has 0 aliphatic heterocycles. The van der Waals surface area contributed by atoms with Gasteiger partial charge in [-0.05, 0) is 127 Å². The Morgan fingerprint density at radius 1 is 0.542 bits per heavy atom. The summed E-state index contributed by atoms with van der Waals surface area (Å²) in [5, 5.41) is 0. The molecule has 4 aromatic carbocycles. The van der Waals surface area contributed by atoms with E-state index in [0.717, 1.165) is 44.5 Å². The molecule has 48 heavy (non-hydrogen) atoms. The van der Waals surface area contributed by atoms with Crippen LogP contribution in [0.4, 0.5) is 9.59 Å². The second-order valence-electron chi connectivity index (χ2n) is 14.5. The Morgan fingerprint density at radius 2 is 0.896 bits per heavy atom. The first-order chi connectivity index (χ1) is 22.5. The third-order valence-corrected chi connectivity index (χ3v) is 8.03. The monoisotopic (exact) mass is 642 g/mol. The van der Waals surface area contributed by atoms with Crippen molar-refractivity contribution in [2.75, 3.05) is 0 Å². The topological polar surface area (TPSA) is 88.2 Å². The van der Waals surface area contributed by atoms with Crippen molar-refractivity contribution < 1.29 is 19.1 Å². The molecule has 6 rings (SSSR count). The maximum Gasteiger partial charge on any atom is 0.420 e. The highest BCUT2D eigenvalue weighted by atomic mass is 16.6. The minimum absolute atomic E-state index is 0.176. The molecule has 0 radical (unpaired) electrons. The zero-order valence-electron chi connectivity index (χ0n) is 29.4. The second-order valence-corrected chi connectivity index (χ2v) is 14.5. The lowest BCUT2D eigenvalue weighted by Gasteiger charge is -2.21. The molecule has 0 saturated heterocycles. The van der Waals surface area contributed by atoms with Gasteiger partial charge in [0.15, 0.2) is 11.6 Å². The molecule has 0 atom stereocenters. The third-order valence-electron chi connectivity index (χ3n) is 8.03. The SMILES string of the molecule is Cc1cc(-c2ccccc2C)c2nc(-c3nc4c(-c5ccccc5C)cc(C)cc4n3C(=O)OC(C)(C)C)n(C(=O)OC(C)(C)C)c2c1. The number of hydrogen-bond donors (Lipinski definition) is 0. The standard InChI is InChI=1S/C40H42N4O4/c1-23-19-29(27-17-13-11-15-25(27)3)33-31(21-23)43(37(45)47-39(5,6)7)35(41-33)36-42-34-30(28-18-14-12-16-26(28)4)20-24(2)22-32(34)44(36)38(46)48-40(8,9)10/h11-22H,1-10H3. The number of fused-ring (bicyclic) bond motifs is 2. The molecule has 0 fully saturated rings. The Morgan fingerprint density at radius 3 is 1.23 bits per heavy atom. The van der Waals surface area contributed by atoms with Crippen LogP contribution < -0.4 is 0 Å². The van der Waals surface area contributed by atoms with Crippen LogP contribution in [-0.4, -0.2) is 42.5 Å². The largest absolute Gasteiger partial charge is 0.443 e. The number of rotatable bonds is 3.